The van der Waals surface area contributed by atoms with E-state index in [0.717, 1.165) is 0 Å². The second-order valence-electron chi connectivity index (χ2n) is 3.48. The third kappa shape index (κ3) is 3.24. The van der Waals surface area contributed by atoms with E-state index in [0.29, 0.717) is 23.9 Å². The molecule has 2 amide bonds. The molecular formula is C12H13N3O3. The van der Waals surface area contributed by atoms with Crippen LogP contribution < -0.4 is 15.4 Å². The Morgan fingerprint density at radius 2 is 2.33 bits per heavy atom. The monoisotopic (exact) mass is 247 g/mol. The first-order chi connectivity index (χ1) is 8.78. The summed E-state index contributed by atoms with van der Waals surface area (Å²) in [5, 5.41) is 5.31. The summed E-state index contributed by atoms with van der Waals surface area (Å²) in [5.74, 6) is 1.19. The van der Waals surface area contributed by atoms with E-state index in [1.54, 1.807) is 30.5 Å². The van der Waals surface area contributed by atoms with E-state index < -0.39 is 0 Å². The first-order valence-corrected chi connectivity index (χ1v) is 5.35. The van der Waals surface area contributed by atoms with Gasteiger partial charge in [-0.3, -0.25) is 0 Å². The molecule has 2 aromatic rings. The average molecular weight is 247 g/mol. The maximum Gasteiger partial charge on any atom is 0.319 e. The lowest BCUT2D eigenvalue weighted by molar-refractivity contribution is 0.251. The van der Waals surface area contributed by atoms with Crippen molar-refractivity contribution in [1.82, 2.24) is 10.3 Å². The molecule has 0 unspecified atom stereocenters. The number of urea groups is 1. The normalized spacial score (nSPS) is 9.83. The van der Waals surface area contributed by atoms with Crippen molar-refractivity contribution in [3.05, 3.63) is 42.5 Å². The summed E-state index contributed by atoms with van der Waals surface area (Å²) >= 11 is 0. The molecule has 2 N–H and O–H groups in total. The number of nitrogens with one attached hydrogen (secondary N) is 2. The number of methoxy groups -OCH3 is 1. The second kappa shape index (κ2) is 5.72. The number of aromatic nitrogens is 1. The minimum Gasteiger partial charge on any atom is -0.481 e. The number of hydrogen-bond acceptors (Lipinski definition) is 4. The molecule has 0 fully saturated rings. The standard InChI is InChI=1S/C12H13N3O3/c1-17-11-5-4-9(7-13-11)15-12(16)14-8-10-3-2-6-18-10/h2-7H,8H2,1H3,(H2,14,15,16). The molecule has 0 spiro atoms. The molecule has 2 heterocycles. The minimum absolute atomic E-state index is 0.321. The molecule has 0 bridgehead atoms. The van der Waals surface area contributed by atoms with Crippen LogP contribution >= 0.6 is 0 Å². The summed E-state index contributed by atoms with van der Waals surface area (Å²) in [6.07, 6.45) is 3.08. The number of anilines is 1. The zero-order chi connectivity index (χ0) is 12.8. The fourth-order valence-electron chi connectivity index (χ4n) is 1.33. The highest BCUT2D eigenvalue weighted by atomic mass is 16.5. The molecule has 0 radical (unpaired) electrons. The van der Waals surface area contributed by atoms with Crippen LogP contribution in [0.4, 0.5) is 10.5 Å². The third-order valence-electron chi connectivity index (χ3n) is 2.21. The predicted octanol–water partition coefficient (Wildman–Crippen LogP) is 2.00. The molecule has 2 rings (SSSR count). The molecule has 6 nitrogen and oxygen atoms in total. The molecule has 0 aliphatic carbocycles. The van der Waals surface area contributed by atoms with Gasteiger partial charge in [0.2, 0.25) is 5.88 Å². The van der Waals surface area contributed by atoms with Crippen LogP contribution in [0.1, 0.15) is 5.76 Å². The van der Waals surface area contributed by atoms with E-state index in [1.807, 2.05) is 0 Å². The topological polar surface area (TPSA) is 76.4 Å². The number of hydrogen-bond donors (Lipinski definition) is 2. The van der Waals surface area contributed by atoms with Crippen molar-refractivity contribution in [2.45, 2.75) is 6.54 Å². The number of rotatable bonds is 4. The molecule has 0 saturated heterocycles. The number of carbonyl (C=O) groups excluding carboxylic acids is 1. The largest absolute Gasteiger partial charge is 0.481 e. The zero-order valence-electron chi connectivity index (χ0n) is 9.84. The Morgan fingerprint density at radius 3 is 2.94 bits per heavy atom. The fourth-order valence-corrected chi connectivity index (χ4v) is 1.33. The van der Waals surface area contributed by atoms with Crippen molar-refractivity contribution in [1.29, 1.82) is 0 Å². The summed E-state index contributed by atoms with van der Waals surface area (Å²) in [7, 11) is 1.53. The van der Waals surface area contributed by atoms with E-state index in [1.165, 1.54) is 13.3 Å². The van der Waals surface area contributed by atoms with Crippen LogP contribution in [0.5, 0.6) is 5.88 Å². The van der Waals surface area contributed by atoms with Crippen molar-refractivity contribution >= 4 is 11.7 Å². The fraction of sp³-hybridized carbons (Fsp3) is 0.167. The van der Waals surface area contributed by atoms with Crippen molar-refractivity contribution in [2.75, 3.05) is 12.4 Å². The molecule has 6 heteroatoms. The maximum atomic E-state index is 11.5. The van der Waals surface area contributed by atoms with E-state index >= 15 is 0 Å². The van der Waals surface area contributed by atoms with Crippen molar-refractivity contribution in [3.63, 3.8) is 0 Å². The predicted molar refractivity (Wildman–Crippen MR) is 65.4 cm³/mol. The van der Waals surface area contributed by atoms with Gasteiger partial charge in [-0.2, -0.15) is 0 Å². The van der Waals surface area contributed by atoms with Crippen molar-refractivity contribution in [2.24, 2.45) is 0 Å². The van der Waals surface area contributed by atoms with Crippen molar-refractivity contribution < 1.29 is 13.9 Å². The van der Waals surface area contributed by atoms with Crippen LogP contribution in [0.2, 0.25) is 0 Å². The van der Waals surface area contributed by atoms with E-state index in [9.17, 15) is 4.79 Å². The zero-order valence-corrected chi connectivity index (χ0v) is 9.84. The first kappa shape index (κ1) is 12.0. The van der Waals surface area contributed by atoms with Gasteiger partial charge in [0.25, 0.3) is 0 Å². The Bertz CT molecular complexity index is 494. The highest BCUT2D eigenvalue weighted by Crippen LogP contribution is 2.10. The van der Waals surface area contributed by atoms with Crippen LogP contribution in [0.25, 0.3) is 0 Å². The number of amides is 2. The Hall–Kier alpha value is -2.50. The van der Waals surface area contributed by atoms with Crippen LogP contribution in [-0.2, 0) is 6.54 Å². The van der Waals surface area contributed by atoms with Gasteiger partial charge in [-0.25, -0.2) is 9.78 Å². The quantitative estimate of drug-likeness (QED) is 0.866. The Kier molecular flexibility index (Phi) is 3.80. The summed E-state index contributed by atoms with van der Waals surface area (Å²) in [5.41, 5.74) is 0.591. The molecule has 0 saturated carbocycles. The number of nitrogens with zero attached hydrogens (tertiary/aromatic N) is 1. The molecular weight excluding hydrogens is 234 g/mol. The molecule has 0 aliphatic rings. The van der Waals surface area contributed by atoms with Gasteiger partial charge in [-0.1, -0.05) is 0 Å². The SMILES string of the molecule is COc1ccc(NC(=O)NCc2ccco2)cn1. The average Bonchev–Trinajstić information content (AvgIpc) is 2.90. The molecule has 0 aromatic carbocycles. The lowest BCUT2D eigenvalue weighted by atomic mass is 10.4. The molecule has 0 aliphatic heterocycles. The highest BCUT2D eigenvalue weighted by molar-refractivity contribution is 5.88. The van der Waals surface area contributed by atoms with Gasteiger partial charge in [0.15, 0.2) is 0 Å². The Balaban J connectivity index is 1.83. The van der Waals surface area contributed by atoms with Gasteiger partial charge >= 0.3 is 6.03 Å². The smallest absolute Gasteiger partial charge is 0.319 e. The second-order valence-corrected chi connectivity index (χ2v) is 3.48. The number of carbonyl (C=O) groups is 1. The van der Waals surface area contributed by atoms with Crippen molar-refractivity contribution in [3.8, 4) is 5.88 Å². The van der Waals surface area contributed by atoms with Gasteiger partial charge in [-0.05, 0) is 18.2 Å². The minimum atomic E-state index is -0.321. The summed E-state index contributed by atoms with van der Waals surface area (Å²) in [6.45, 7) is 0.336. The lowest BCUT2D eigenvalue weighted by Crippen LogP contribution is -2.28. The maximum absolute atomic E-state index is 11.5. The van der Waals surface area contributed by atoms with E-state index in [4.69, 9.17) is 9.15 Å². The first-order valence-electron chi connectivity index (χ1n) is 5.35. The summed E-state index contributed by atoms with van der Waals surface area (Å²) in [6, 6.07) is 6.61. The molecule has 94 valence electrons. The molecule has 2 aromatic heterocycles. The molecule has 18 heavy (non-hydrogen) atoms. The third-order valence-corrected chi connectivity index (χ3v) is 2.21. The van der Waals surface area contributed by atoms with E-state index in [2.05, 4.69) is 15.6 Å². The Labute approximate surface area is 104 Å². The number of pyridine rings is 1. The molecule has 0 atom stereocenters. The van der Waals surface area contributed by atoms with Crippen LogP contribution in [0.3, 0.4) is 0 Å². The van der Waals surface area contributed by atoms with Crippen LogP contribution in [0.15, 0.2) is 41.1 Å². The van der Waals surface area contributed by atoms with Gasteiger partial charge in [-0.15, -0.1) is 0 Å². The summed E-state index contributed by atoms with van der Waals surface area (Å²) in [4.78, 5) is 15.5. The number of furan rings is 1. The number of ether oxygens (including phenoxy) is 1. The summed E-state index contributed by atoms with van der Waals surface area (Å²) < 4.78 is 10.0. The van der Waals surface area contributed by atoms with Gasteiger partial charge in [0.05, 0.1) is 31.8 Å². The highest BCUT2D eigenvalue weighted by Gasteiger charge is 2.03. The van der Waals surface area contributed by atoms with Gasteiger partial charge in [0.1, 0.15) is 5.76 Å². The lowest BCUT2D eigenvalue weighted by Gasteiger charge is -2.06. The Morgan fingerprint density at radius 1 is 1.44 bits per heavy atom. The van der Waals surface area contributed by atoms with Crippen LogP contribution in [0, 0.1) is 0 Å². The van der Waals surface area contributed by atoms with Crippen LogP contribution in [-0.4, -0.2) is 18.1 Å². The van der Waals surface area contributed by atoms with Gasteiger partial charge in [0, 0.05) is 6.07 Å². The van der Waals surface area contributed by atoms with E-state index in [-0.39, 0.29) is 6.03 Å². The van der Waals surface area contributed by atoms with Gasteiger partial charge < -0.3 is 19.8 Å².